The maximum Gasteiger partial charge on any atom is 0.104 e. The number of likely N-dealkylation sites (tertiary alicyclic amines) is 1. The van der Waals surface area contributed by atoms with Gasteiger partial charge in [-0.2, -0.15) is 0 Å². The largest absolute Gasteiger partial charge is 0.392 e. The van der Waals surface area contributed by atoms with Crippen molar-refractivity contribution in [1.82, 2.24) is 9.80 Å². The minimum Gasteiger partial charge on any atom is -0.392 e. The average molecular weight is 288 g/mol. The monoisotopic (exact) mass is 288 g/mol. The van der Waals surface area contributed by atoms with Gasteiger partial charge in [-0.3, -0.25) is 4.90 Å². The Morgan fingerprint density at radius 3 is 2.90 bits per heavy atom. The highest BCUT2D eigenvalue weighted by Crippen LogP contribution is 2.21. The molecule has 21 heavy (non-hydrogen) atoms. The molecule has 0 saturated carbocycles. The first-order valence-electron chi connectivity index (χ1n) is 7.34. The zero-order valence-electron chi connectivity index (χ0n) is 12.8. The lowest BCUT2D eigenvalue weighted by molar-refractivity contribution is 0.169. The number of benzene rings is 1. The van der Waals surface area contributed by atoms with E-state index in [1.165, 1.54) is 5.56 Å². The van der Waals surface area contributed by atoms with E-state index in [0.29, 0.717) is 6.04 Å². The molecule has 4 heteroatoms. The average Bonchev–Trinajstić information content (AvgIpc) is 2.76. The van der Waals surface area contributed by atoms with Gasteiger partial charge >= 0.3 is 0 Å². The Bertz CT molecular complexity index is 519. The number of aliphatic hydroxyl groups is 2. The molecular formula is C17H24N2O2. The lowest BCUT2D eigenvalue weighted by Gasteiger charge is -2.26. The Labute approximate surface area is 127 Å². The number of hydrogen-bond acceptors (Lipinski definition) is 4. The molecule has 2 atom stereocenters. The Balaban J connectivity index is 2.05. The highest BCUT2D eigenvalue weighted by molar-refractivity contribution is 5.37. The van der Waals surface area contributed by atoms with Crippen LogP contribution in [0.25, 0.3) is 0 Å². The molecule has 0 radical (unpaired) electrons. The van der Waals surface area contributed by atoms with Gasteiger partial charge in [0, 0.05) is 31.2 Å². The van der Waals surface area contributed by atoms with Gasteiger partial charge in [0.1, 0.15) is 6.61 Å². The van der Waals surface area contributed by atoms with Crippen LogP contribution in [-0.2, 0) is 6.54 Å². The first-order chi connectivity index (χ1) is 10.1. The summed E-state index contributed by atoms with van der Waals surface area (Å²) in [7, 11) is 4.13. The molecule has 1 aromatic carbocycles. The molecule has 0 amide bonds. The standard InChI is InChI=1S/C17H24N2O2/c1-18(2)12-16-10-17(21)13-19(16)11-15-6-3-5-14(9-15)7-4-8-20/h3,5-6,9,16-17,20-21H,8,10-13H2,1-2H3. The molecule has 0 bridgehead atoms. The molecule has 0 aromatic heterocycles. The minimum atomic E-state index is -0.229. The molecule has 4 nitrogen and oxygen atoms in total. The molecule has 1 saturated heterocycles. The van der Waals surface area contributed by atoms with Crippen LogP contribution < -0.4 is 0 Å². The molecule has 1 aliphatic rings. The van der Waals surface area contributed by atoms with Gasteiger partial charge in [-0.05, 0) is 38.2 Å². The third-order valence-electron chi connectivity index (χ3n) is 3.71. The van der Waals surface area contributed by atoms with Gasteiger partial charge in [0.25, 0.3) is 0 Å². The van der Waals surface area contributed by atoms with Crippen LogP contribution >= 0.6 is 0 Å². The SMILES string of the molecule is CN(C)CC1CC(O)CN1Cc1cccc(C#CCO)c1. The van der Waals surface area contributed by atoms with Crippen molar-refractivity contribution >= 4 is 0 Å². The second-order valence-corrected chi connectivity index (χ2v) is 5.90. The van der Waals surface area contributed by atoms with Gasteiger partial charge < -0.3 is 15.1 Å². The van der Waals surface area contributed by atoms with E-state index in [1.807, 2.05) is 12.1 Å². The number of nitrogens with zero attached hydrogens (tertiary/aromatic N) is 2. The lowest BCUT2D eigenvalue weighted by Crippen LogP contribution is -2.37. The van der Waals surface area contributed by atoms with Crippen LogP contribution in [0.5, 0.6) is 0 Å². The van der Waals surface area contributed by atoms with Gasteiger partial charge in [0.05, 0.1) is 6.10 Å². The van der Waals surface area contributed by atoms with Gasteiger partial charge in [-0.25, -0.2) is 0 Å². The van der Waals surface area contributed by atoms with Gasteiger partial charge in [-0.15, -0.1) is 0 Å². The van der Waals surface area contributed by atoms with E-state index in [-0.39, 0.29) is 12.7 Å². The van der Waals surface area contributed by atoms with E-state index < -0.39 is 0 Å². The molecule has 1 heterocycles. The van der Waals surface area contributed by atoms with Crippen molar-refractivity contribution in [2.24, 2.45) is 0 Å². The first kappa shape index (κ1) is 16.0. The highest BCUT2D eigenvalue weighted by Gasteiger charge is 2.30. The summed E-state index contributed by atoms with van der Waals surface area (Å²) in [6, 6.07) is 8.47. The van der Waals surface area contributed by atoms with Crippen molar-refractivity contribution in [3.8, 4) is 11.8 Å². The van der Waals surface area contributed by atoms with Crippen LogP contribution in [0.15, 0.2) is 24.3 Å². The van der Waals surface area contributed by atoms with E-state index in [0.717, 1.165) is 31.6 Å². The second kappa shape index (κ2) is 7.58. The van der Waals surface area contributed by atoms with Crippen molar-refractivity contribution in [2.45, 2.75) is 25.1 Å². The molecule has 2 rings (SSSR count). The Kier molecular flexibility index (Phi) is 5.77. The summed E-state index contributed by atoms with van der Waals surface area (Å²) < 4.78 is 0. The minimum absolute atomic E-state index is 0.118. The second-order valence-electron chi connectivity index (χ2n) is 5.90. The zero-order valence-corrected chi connectivity index (χ0v) is 12.8. The predicted octanol–water partition coefficient (Wildman–Crippen LogP) is 0.527. The Morgan fingerprint density at radius 2 is 2.19 bits per heavy atom. The number of rotatable bonds is 4. The van der Waals surface area contributed by atoms with Crippen LogP contribution in [0.1, 0.15) is 17.5 Å². The van der Waals surface area contributed by atoms with E-state index in [2.05, 4.69) is 47.9 Å². The number of likely N-dealkylation sites (N-methyl/N-ethyl adjacent to an activating group) is 1. The molecule has 0 aliphatic carbocycles. The van der Waals surface area contributed by atoms with Crippen molar-refractivity contribution in [3.63, 3.8) is 0 Å². The molecule has 1 aliphatic heterocycles. The molecule has 1 aromatic rings. The molecule has 0 spiro atoms. The third-order valence-corrected chi connectivity index (χ3v) is 3.71. The summed E-state index contributed by atoms with van der Waals surface area (Å²) in [6.45, 7) is 2.39. The summed E-state index contributed by atoms with van der Waals surface area (Å²) >= 11 is 0. The van der Waals surface area contributed by atoms with Crippen molar-refractivity contribution < 1.29 is 10.2 Å². The quantitative estimate of drug-likeness (QED) is 0.793. The van der Waals surface area contributed by atoms with E-state index >= 15 is 0 Å². The van der Waals surface area contributed by atoms with Crippen molar-refractivity contribution in [3.05, 3.63) is 35.4 Å². The van der Waals surface area contributed by atoms with E-state index in [9.17, 15) is 5.11 Å². The smallest absolute Gasteiger partial charge is 0.104 e. The van der Waals surface area contributed by atoms with Gasteiger partial charge in [-0.1, -0.05) is 24.0 Å². The number of aliphatic hydroxyl groups excluding tert-OH is 2. The lowest BCUT2D eigenvalue weighted by atomic mass is 10.1. The van der Waals surface area contributed by atoms with E-state index in [1.54, 1.807) is 0 Å². The third kappa shape index (κ3) is 4.83. The molecule has 2 unspecified atom stereocenters. The summed E-state index contributed by atoms with van der Waals surface area (Å²) in [6.07, 6.45) is 0.606. The number of β-amino-alcohol motifs (C(OH)–C–C–N with tert-alkyl or cyclic N) is 1. The molecule has 114 valence electrons. The topological polar surface area (TPSA) is 46.9 Å². The fourth-order valence-corrected chi connectivity index (χ4v) is 2.89. The number of hydrogen-bond donors (Lipinski definition) is 2. The maximum atomic E-state index is 9.92. The van der Waals surface area contributed by atoms with Crippen LogP contribution in [0.3, 0.4) is 0 Å². The molecule has 1 fully saturated rings. The summed E-state index contributed by atoms with van der Waals surface area (Å²) in [5.41, 5.74) is 2.11. The van der Waals surface area contributed by atoms with Crippen LogP contribution in [-0.4, -0.2) is 66.0 Å². The summed E-state index contributed by atoms with van der Waals surface area (Å²) in [4.78, 5) is 4.50. The molecule has 2 N–H and O–H groups in total. The van der Waals surface area contributed by atoms with Crippen molar-refractivity contribution in [2.75, 3.05) is 33.8 Å². The fraction of sp³-hybridized carbons (Fsp3) is 0.529. The van der Waals surface area contributed by atoms with Crippen molar-refractivity contribution in [1.29, 1.82) is 0 Å². The van der Waals surface area contributed by atoms with E-state index in [4.69, 9.17) is 5.11 Å². The zero-order chi connectivity index (χ0) is 15.2. The van der Waals surface area contributed by atoms with Gasteiger partial charge in [0.2, 0.25) is 0 Å². The summed E-state index contributed by atoms with van der Waals surface area (Å²) in [5.74, 6) is 5.61. The highest BCUT2D eigenvalue weighted by atomic mass is 16.3. The van der Waals surface area contributed by atoms with Crippen LogP contribution in [0, 0.1) is 11.8 Å². The predicted molar refractivity (Wildman–Crippen MR) is 83.8 cm³/mol. The maximum absolute atomic E-state index is 9.92. The van der Waals surface area contributed by atoms with Crippen LogP contribution in [0.4, 0.5) is 0 Å². The molecular weight excluding hydrogens is 264 g/mol. The fourth-order valence-electron chi connectivity index (χ4n) is 2.89. The Morgan fingerprint density at radius 1 is 1.38 bits per heavy atom. The van der Waals surface area contributed by atoms with Gasteiger partial charge in [0.15, 0.2) is 0 Å². The summed E-state index contributed by atoms with van der Waals surface area (Å²) in [5, 5.41) is 18.7. The normalized spacial score (nSPS) is 22.3. The van der Waals surface area contributed by atoms with Crippen LogP contribution in [0.2, 0.25) is 0 Å². The first-order valence-corrected chi connectivity index (χ1v) is 7.34. The Hall–Kier alpha value is -1.38.